The number of hydrogen-bond acceptors (Lipinski definition) is 3. The predicted octanol–water partition coefficient (Wildman–Crippen LogP) is 3.51. The summed E-state index contributed by atoms with van der Waals surface area (Å²) < 4.78 is 0. The Balaban J connectivity index is 1.99. The average molecular weight is 355 g/mol. The zero-order chi connectivity index (χ0) is 19.2. The maximum absolute atomic E-state index is 12.2. The van der Waals surface area contributed by atoms with Gasteiger partial charge in [0.25, 0.3) is 5.91 Å². The van der Waals surface area contributed by atoms with Crippen molar-refractivity contribution in [1.82, 2.24) is 16.2 Å². The molecule has 0 heterocycles. The summed E-state index contributed by atoms with van der Waals surface area (Å²) in [6.07, 6.45) is 0.734. The fraction of sp³-hybridized carbons (Fsp3) is 0.300. The Kier molecular flexibility index (Phi) is 6.22. The summed E-state index contributed by atoms with van der Waals surface area (Å²) in [5.74, 6) is -0.743. The molecule has 4 N–H and O–H groups in total. The molecular weight excluding hydrogens is 330 g/mol. The zero-order valence-corrected chi connectivity index (χ0v) is 15.2. The number of nitrogens with one attached hydrogen (secondary N) is 3. The lowest BCUT2D eigenvalue weighted by atomic mass is 9.85. The summed E-state index contributed by atoms with van der Waals surface area (Å²) in [4.78, 5) is 24.3. The van der Waals surface area contributed by atoms with E-state index in [2.05, 4.69) is 36.9 Å². The van der Waals surface area contributed by atoms with E-state index >= 15 is 0 Å². The summed E-state index contributed by atoms with van der Waals surface area (Å²) in [6, 6.07) is 15.1. The molecule has 0 spiro atoms. The minimum Gasteiger partial charge on any atom is -0.507 e. The van der Waals surface area contributed by atoms with Crippen molar-refractivity contribution in [2.24, 2.45) is 5.41 Å². The first-order valence-electron chi connectivity index (χ1n) is 8.46. The van der Waals surface area contributed by atoms with E-state index in [1.54, 1.807) is 12.1 Å². The Morgan fingerprint density at radius 3 is 2.19 bits per heavy atom. The van der Waals surface area contributed by atoms with E-state index in [1.807, 2.05) is 30.3 Å². The van der Waals surface area contributed by atoms with Crippen LogP contribution in [0.5, 0.6) is 5.75 Å². The average Bonchev–Trinajstić information content (AvgIpc) is 2.59. The molecule has 2 aromatic carbocycles. The Morgan fingerprint density at radius 1 is 0.962 bits per heavy atom. The van der Waals surface area contributed by atoms with Crippen LogP contribution in [0.3, 0.4) is 0 Å². The lowest BCUT2D eigenvalue weighted by Gasteiger charge is -2.27. The molecule has 6 heteroatoms. The van der Waals surface area contributed by atoms with Crippen molar-refractivity contribution in [2.75, 3.05) is 0 Å². The highest BCUT2D eigenvalue weighted by Gasteiger charge is 2.22. The first-order valence-corrected chi connectivity index (χ1v) is 8.46. The second-order valence-electron chi connectivity index (χ2n) is 7.30. The maximum Gasteiger partial charge on any atom is 0.333 e. The standard InChI is InChI=1S/C20H25N3O3/c1-20(2,3)13-16(14-9-5-4-6-10-14)21-19(26)23-22-18(25)15-11-7-8-12-17(15)24/h4-12,16,24H,13H2,1-3H3,(H,22,25)(H2,21,23,26). The number of urea groups is 1. The molecule has 0 bridgehead atoms. The van der Waals surface area contributed by atoms with Crippen LogP contribution in [0.4, 0.5) is 4.79 Å². The van der Waals surface area contributed by atoms with Gasteiger partial charge in [0.2, 0.25) is 0 Å². The summed E-state index contributed by atoms with van der Waals surface area (Å²) >= 11 is 0. The van der Waals surface area contributed by atoms with E-state index in [1.165, 1.54) is 12.1 Å². The Morgan fingerprint density at radius 2 is 1.58 bits per heavy atom. The third-order valence-corrected chi connectivity index (χ3v) is 3.76. The number of phenols is 1. The highest BCUT2D eigenvalue weighted by Crippen LogP contribution is 2.29. The van der Waals surface area contributed by atoms with Crippen LogP contribution in [0.2, 0.25) is 0 Å². The van der Waals surface area contributed by atoms with Gasteiger partial charge in [-0.2, -0.15) is 0 Å². The molecule has 3 amide bonds. The predicted molar refractivity (Wildman–Crippen MR) is 100 cm³/mol. The molecule has 6 nitrogen and oxygen atoms in total. The number of para-hydroxylation sites is 1. The van der Waals surface area contributed by atoms with Gasteiger partial charge in [0.15, 0.2) is 0 Å². The van der Waals surface area contributed by atoms with Crippen LogP contribution in [0, 0.1) is 5.41 Å². The number of amides is 3. The molecule has 0 saturated heterocycles. The molecule has 2 rings (SSSR count). The van der Waals surface area contributed by atoms with Gasteiger partial charge in [0, 0.05) is 0 Å². The number of carbonyl (C=O) groups is 2. The van der Waals surface area contributed by atoms with E-state index in [0.717, 1.165) is 12.0 Å². The Hall–Kier alpha value is -3.02. The summed E-state index contributed by atoms with van der Waals surface area (Å²) in [5.41, 5.74) is 5.71. The molecular formula is C20H25N3O3. The van der Waals surface area contributed by atoms with E-state index in [-0.39, 0.29) is 22.8 Å². The smallest absolute Gasteiger partial charge is 0.333 e. The summed E-state index contributed by atoms with van der Waals surface area (Å²) in [7, 11) is 0. The Labute approximate surface area is 153 Å². The van der Waals surface area contributed by atoms with Crippen molar-refractivity contribution in [2.45, 2.75) is 33.2 Å². The van der Waals surface area contributed by atoms with Crippen molar-refractivity contribution in [3.8, 4) is 5.75 Å². The molecule has 26 heavy (non-hydrogen) atoms. The van der Waals surface area contributed by atoms with Gasteiger partial charge in [0.05, 0.1) is 11.6 Å². The van der Waals surface area contributed by atoms with Crippen LogP contribution in [0.15, 0.2) is 54.6 Å². The van der Waals surface area contributed by atoms with Gasteiger partial charge in [-0.15, -0.1) is 0 Å². The van der Waals surface area contributed by atoms with Gasteiger partial charge in [0.1, 0.15) is 5.75 Å². The van der Waals surface area contributed by atoms with E-state index in [4.69, 9.17) is 0 Å². The lowest BCUT2D eigenvalue weighted by Crippen LogP contribution is -2.48. The second-order valence-corrected chi connectivity index (χ2v) is 7.30. The van der Waals surface area contributed by atoms with Crippen LogP contribution in [-0.4, -0.2) is 17.0 Å². The van der Waals surface area contributed by atoms with Crippen molar-refractivity contribution >= 4 is 11.9 Å². The normalized spacial score (nSPS) is 12.1. The van der Waals surface area contributed by atoms with Gasteiger partial charge in [-0.05, 0) is 29.5 Å². The van der Waals surface area contributed by atoms with Crippen LogP contribution >= 0.6 is 0 Å². The second kappa shape index (κ2) is 8.38. The quantitative estimate of drug-likeness (QED) is 0.633. The van der Waals surface area contributed by atoms with Crippen molar-refractivity contribution in [3.05, 3.63) is 65.7 Å². The summed E-state index contributed by atoms with van der Waals surface area (Å²) in [5, 5.41) is 12.6. The van der Waals surface area contributed by atoms with Crippen LogP contribution in [0.25, 0.3) is 0 Å². The molecule has 0 radical (unpaired) electrons. The molecule has 0 fully saturated rings. The van der Waals surface area contributed by atoms with Gasteiger partial charge in [-0.25, -0.2) is 10.2 Å². The number of aromatic hydroxyl groups is 1. The fourth-order valence-corrected chi connectivity index (χ4v) is 2.59. The molecule has 1 atom stereocenters. The minimum absolute atomic E-state index is 0.00681. The molecule has 2 aromatic rings. The number of rotatable bonds is 4. The van der Waals surface area contributed by atoms with E-state index in [0.29, 0.717) is 0 Å². The molecule has 0 saturated carbocycles. The lowest BCUT2D eigenvalue weighted by molar-refractivity contribution is 0.0932. The van der Waals surface area contributed by atoms with Crippen molar-refractivity contribution < 1.29 is 14.7 Å². The maximum atomic E-state index is 12.2. The molecule has 1 unspecified atom stereocenters. The topological polar surface area (TPSA) is 90.5 Å². The minimum atomic E-state index is -0.592. The molecule has 0 aromatic heterocycles. The van der Waals surface area contributed by atoms with Gasteiger partial charge >= 0.3 is 6.03 Å². The first-order chi connectivity index (χ1) is 12.3. The third-order valence-electron chi connectivity index (χ3n) is 3.76. The Bertz CT molecular complexity index is 754. The van der Waals surface area contributed by atoms with Crippen molar-refractivity contribution in [3.63, 3.8) is 0 Å². The molecule has 138 valence electrons. The third kappa shape index (κ3) is 5.81. The number of phenolic OH excluding ortho intramolecular Hbond substituents is 1. The number of carbonyl (C=O) groups excluding carboxylic acids is 2. The summed E-state index contributed by atoms with van der Waals surface area (Å²) in [6.45, 7) is 6.30. The fourth-order valence-electron chi connectivity index (χ4n) is 2.59. The molecule has 0 aliphatic rings. The SMILES string of the molecule is CC(C)(C)CC(NC(=O)NNC(=O)c1ccccc1O)c1ccccc1. The highest BCUT2D eigenvalue weighted by atomic mass is 16.3. The monoisotopic (exact) mass is 355 g/mol. The van der Waals surface area contributed by atoms with Crippen molar-refractivity contribution in [1.29, 1.82) is 0 Å². The number of hydrazine groups is 1. The van der Waals surface area contributed by atoms with Gasteiger partial charge in [-0.3, -0.25) is 10.2 Å². The number of benzene rings is 2. The van der Waals surface area contributed by atoms with Crippen LogP contribution in [-0.2, 0) is 0 Å². The van der Waals surface area contributed by atoms with Crippen LogP contribution in [0.1, 0.15) is 49.2 Å². The van der Waals surface area contributed by atoms with Gasteiger partial charge in [-0.1, -0.05) is 63.2 Å². The van der Waals surface area contributed by atoms with E-state index in [9.17, 15) is 14.7 Å². The highest BCUT2D eigenvalue weighted by molar-refractivity contribution is 5.97. The first kappa shape index (κ1) is 19.3. The largest absolute Gasteiger partial charge is 0.507 e. The molecule has 0 aliphatic heterocycles. The number of hydrogen-bond donors (Lipinski definition) is 4. The van der Waals surface area contributed by atoms with Gasteiger partial charge < -0.3 is 10.4 Å². The zero-order valence-electron chi connectivity index (χ0n) is 15.2. The van der Waals surface area contributed by atoms with Crippen LogP contribution < -0.4 is 16.2 Å². The molecule has 0 aliphatic carbocycles. The van der Waals surface area contributed by atoms with E-state index < -0.39 is 11.9 Å².